The van der Waals surface area contributed by atoms with Crippen LogP contribution in [0.15, 0.2) is 71.6 Å². The number of methoxy groups -OCH3 is 3. The number of benzene rings is 3. The van der Waals surface area contributed by atoms with Gasteiger partial charge in [0.2, 0.25) is 15.9 Å². The van der Waals surface area contributed by atoms with Crippen molar-refractivity contribution in [2.45, 2.75) is 30.7 Å². The van der Waals surface area contributed by atoms with Gasteiger partial charge in [-0.1, -0.05) is 35.9 Å². The first-order valence-electron chi connectivity index (χ1n) is 11.5. The summed E-state index contributed by atoms with van der Waals surface area (Å²) in [6, 6.07) is 18.3. The van der Waals surface area contributed by atoms with Gasteiger partial charge >= 0.3 is 0 Å². The van der Waals surface area contributed by atoms with Crippen molar-refractivity contribution in [2.24, 2.45) is 0 Å². The lowest BCUT2D eigenvalue weighted by atomic mass is 10.0. The molecule has 192 valence electrons. The van der Waals surface area contributed by atoms with Crippen molar-refractivity contribution in [1.29, 1.82) is 0 Å². The molecule has 0 saturated heterocycles. The van der Waals surface area contributed by atoms with Crippen LogP contribution >= 0.6 is 0 Å². The van der Waals surface area contributed by atoms with Gasteiger partial charge in [-0.25, -0.2) is 13.1 Å². The first-order valence-corrected chi connectivity index (χ1v) is 12.9. The van der Waals surface area contributed by atoms with Gasteiger partial charge in [-0.05, 0) is 60.9 Å². The molecule has 0 spiro atoms. The first kappa shape index (κ1) is 27.0. The predicted octanol–water partition coefficient (Wildman–Crippen LogP) is 3.79. The molecule has 0 aliphatic heterocycles. The molecule has 0 bridgehead atoms. The van der Waals surface area contributed by atoms with Crippen molar-refractivity contribution in [2.75, 3.05) is 27.9 Å². The fourth-order valence-corrected chi connectivity index (χ4v) is 4.90. The highest BCUT2D eigenvalue weighted by molar-refractivity contribution is 7.89. The highest BCUT2D eigenvalue weighted by Gasteiger charge is 2.24. The number of rotatable bonds is 12. The van der Waals surface area contributed by atoms with Crippen LogP contribution in [0.3, 0.4) is 0 Å². The van der Waals surface area contributed by atoms with Gasteiger partial charge in [0.15, 0.2) is 11.5 Å². The maximum atomic E-state index is 13.1. The zero-order valence-corrected chi connectivity index (χ0v) is 21.7. The van der Waals surface area contributed by atoms with Crippen molar-refractivity contribution >= 4 is 15.9 Å². The van der Waals surface area contributed by atoms with Crippen LogP contribution in [-0.2, 0) is 21.2 Å². The average molecular weight is 513 g/mol. The molecule has 8 nitrogen and oxygen atoms in total. The van der Waals surface area contributed by atoms with Gasteiger partial charge in [0, 0.05) is 13.0 Å². The van der Waals surface area contributed by atoms with Crippen LogP contribution in [0.5, 0.6) is 17.2 Å². The Morgan fingerprint density at radius 3 is 2.14 bits per heavy atom. The number of amides is 1. The predicted molar refractivity (Wildman–Crippen MR) is 138 cm³/mol. The Labute approximate surface area is 212 Å². The molecule has 0 saturated carbocycles. The molecule has 3 rings (SSSR count). The summed E-state index contributed by atoms with van der Waals surface area (Å²) in [4.78, 5) is 13.0. The van der Waals surface area contributed by atoms with E-state index in [4.69, 9.17) is 14.2 Å². The standard InChI is InChI=1S/C27H32N2O6S/c1-19-5-12-23(13-6-19)36(31,32)29-24(21-8-10-22(33-2)11-9-21)18-27(30)28-16-15-20-7-14-25(34-3)26(17-20)35-4/h5-14,17,24,29H,15-16,18H2,1-4H3,(H,28,30)/t24-/m1/s1. The molecule has 0 aromatic heterocycles. The number of nitrogens with one attached hydrogen (secondary N) is 2. The summed E-state index contributed by atoms with van der Waals surface area (Å²) in [6.45, 7) is 2.27. The number of carbonyl (C=O) groups excluding carboxylic acids is 1. The molecule has 9 heteroatoms. The second-order valence-electron chi connectivity index (χ2n) is 8.25. The van der Waals surface area contributed by atoms with E-state index in [1.54, 1.807) is 69.9 Å². The lowest BCUT2D eigenvalue weighted by Gasteiger charge is -2.20. The Kier molecular flexibility index (Phi) is 9.32. The molecule has 3 aromatic carbocycles. The SMILES string of the molecule is COc1ccc([C@@H](CC(=O)NCCc2ccc(OC)c(OC)c2)NS(=O)(=O)c2ccc(C)cc2)cc1. The van der Waals surface area contributed by atoms with Gasteiger partial charge in [-0.2, -0.15) is 0 Å². The lowest BCUT2D eigenvalue weighted by molar-refractivity contribution is -0.121. The zero-order valence-electron chi connectivity index (χ0n) is 20.9. The van der Waals surface area contributed by atoms with E-state index in [-0.39, 0.29) is 17.2 Å². The van der Waals surface area contributed by atoms with Crippen LogP contribution in [-0.4, -0.2) is 42.2 Å². The second-order valence-corrected chi connectivity index (χ2v) is 9.97. The number of aryl methyl sites for hydroxylation is 1. The van der Waals surface area contributed by atoms with Gasteiger partial charge in [-0.3, -0.25) is 4.79 Å². The molecule has 0 aliphatic carbocycles. The monoisotopic (exact) mass is 512 g/mol. The number of ether oxygens (including phenoxy) is 3. The smallest absolute Gasteiger partial charge is 0.241 e. The minimum Gasteiger partial charge on any atom is -0.497 e. The van der Waals surface area contributed by atoms with Crippen LogP contribution in [0.4, 0.5) is 0 Å². The van der Waals surface area contributed by atoms with Gasteiger partial charge in [-0.15, -0.1) is 0 Å². The molecular weight excluding hydrogens is 480 g/mol. The lowest BCUT2D eigenvalue weighted by Crippen LogP contribution is -2.34. The molecule has 0 heterocycles. The van der Waals surface area contributed by atoms with E-state index < -0.39 is 16.1 Å². The minimum atomic E-state index is -3.85. The van der Waals surface area contributed by atoms with Crippen molar-refractivity contribution < 1.29 is 27.4 Å². The highest BCUT2D eigenvalue weighted by atomic mass is 32.2. The van der Waals surface area contributed by atoms with Gasteiger partial charge in [0.05, 0.1) is 32.3 Å². The number of carbonyl (C=O) groups is 1. The minimum absolute atomic E-state index is 0.0661. The fraction of sp³-hybridized carbons (Fsp3) is 0.296. The summed E-state index contributed by atoms with van der Waals surface area (Å²) in [5.41, 5.74) is 2.58. The first-order chi connectivity index (χ1) is 17.2. The van der Waals surface area contributed by atoms with E-state index in [1.807, 2.05) is 25.1 Å². The summed E-state index contributed by atoms with van der Waals surface area (Å²) < 4.78 is 44.6. The maximum Gasteiger partial charge on any atom is 0.241 e. The Bertz CT molecular complexity index is 1260. The third-order valence-electron chi connectivity index (χ3n) is 5.72. The van der Waals surface area contributed by atoms with Crippen molar-refractivity contribution in [3.8, 4) is 17.2 Å². The Morgan fingerprint density at radius 2 is 1.53 bits per heavy atom. The van der Waals surface area contributed by atoms with Gasteiger partial charge in [0.1, 0.15) is 5.75 Å². The molecule has 36 heavy (non-hydrogen) atoms. The molecule has 0 aliphatic rings. The molecule has 1 atom stereocenters. The summed E-state index contributed by atoms with van der Waals surface area (Å²) in [7, 11) is 0.847. The number of sulfonamides is 1. The average Bonchev–Trinajstić information content (AvgIpc) is 2.88. The van der Waals surface area contributed by atoms with Crippen molar-refractivity contribution in [3.63, 3.8) is 0 Å². The van der Waals surface area contributed by atoms with Gasteiger partial charge < -0.3 is 19.5 Å². The van der Waals surface area contributed by atoms with E-state index in [2.05, 4.69) is 10.0 Å². The van der Waals surface area contributed by atoms with Crippen LogP contribution in [0.1, 0.15) is 29.2 Å². The van der Waals surface area contributed by atoms with Crippen LogP contribution < -0.4 is 24.2 Å². The van der Waals surface area contributed by atoms with E-state index >= 15 is 0 Å². The molecule has 3 aromatic rings. The topological polar surface area (TPSA) is 103 Å². The Morgan fingerprint density at radius 1 is 0.861 bits per heavy atom. The highest BCUT2D eigenvalue weighted by Crippen LogP contribution is 2.28. The largest absolute Gasteiger partial charge is 0.497 e. The Balaban J connectivity index is 1.70. The number of hydrogen-bond donors (Lipinski definition) is 2. The molecule has 1 amide bonds. The van der Waals surface area contributed by atoms with Gasteiger partial charge in [0.25, 0.3) is 0 Å². The van der Waals surface area contributed by atoms with Crippen LogP contribution in [0.2, 0.25) is 0 Å². The number of hydrogen-bond acceptors (Lipinski definition) is 6. The third kappa shape index (κ3) is 7.22. The van der Waals surface area contributed by atoms with Crippen molar-refractivity contribution in [1.82, 2.24) is 10.0 Å². The van der Waals surface area contributed by atoms with Crippen LogP contribution in [0.25, 0.3) is 0 Å². The van der Waals surface area contributed by atoms with E-state index in [0.717, 1.165) is 11.1 Å². The fourth-order valence-electron chi connectivity index (χ4n) is 3.68. The third-order valence-corrected chi connectivity index (χ3v) is 7.21. The molecule has 2 N–H and O–H groups in total. The Hall–Kier alpha value is -3.56. The second kappa shape index (κ2) is 12.4. The van der Waals surface area contributed by atoms with E-state index in [0.29, 0.717) is 35.8 Å². The molecule has 0 fully saturated rings. The summed E-state index contributed by atoms with van der Waals surface area (Å²) in [5.74, 6) is 1.61. The summed E-state index contributed by atoms with van der Waals surface area (Å²) in [5, 5.41) is 2.88. The van der Waals surface area contributed by atoms with Crippen molar-refractivity contribution in [3.05, 3.63) is 83.4 Å². The maximum absolute atomic E-state index is 13.1. The molecule has 0 unspecified atom stereocenters. The summed E-state index contributed by atoms with van der Waals surface area (Å²) in [6.07, 6.45) is 0.512. The van der Waals surface area contributed by atoms with Crippen LogP contribution in [0, 0.1) is 6.92 Å². The normalized spacial score (nSPS) is 12.0. The molecular formula is C27H32N2O6S. The van der Waals surface area contributed by atoms with E-state index in [9.17, 15) is 13.2 Å². The zero-order chi connectivity index (χ0) is 26.1. The summed E-state index contributed by atoms with van der Waals surface area (Å²) >= 11 is 0. The quantitative estimate of drug-likeness (QED) is 0.383. The van der Waals surface area contributed by atoms with E-state index in [1.165, 1.54) is 0 Å². The molecule has 0 radical (unpaired) electrons.